The molecule has 1 heterocycles. The highest BCUT2D eigenvalue weighted by Gasteiger charge is 2.10. The number of pyridine rings is 1. The number of methoxy groups -OCH3 is 1. The summed E-state index contributed by atoms with van der Waals surface area (Å²) in [5, 5.41) is 11.3. The van der Waals surface area contributed by atoms with Crippen molar-refractivity contribution in [1.29, 1.82) is 5.26 Å². The number of nitrogens with two attached hydrogens (primary N) is 1. The lowest BCUT2D eigenvalue weighted by Gasteiger charge is -2.07. The van der Waals surface area contributed by atoms with Gasteiger partial charge >= 0.3 is 0 Å². The van der Waals surface area contributed by atoms with Crippen LogP contribution >= 0.6 is 0 Å². The van der Waals surface area contributed by atoms with E-state index < -0.39 is 11.7 Å². The zero-order valence-corrected chi connectivity index (χ0v) is 12.8. The number of aliphatic imine (C=N–C) groups is 1. The molecule has 24 heavy (non-hydrogen) atoms. The van der Waals surface area contributed by atoms with Crippen LogP contribution in [-0.2, 0) is 11.3 Å². The van der Waals surface area contributed by atoms with E-state index in [0.717, 1.165) is 0 Å². The van der Waals surface area contributed by atoms with Gasteiger partial charge in [-0.05, 0) is 30.3 Å². The standard InChI is InChI=1S/C16H14FN5O2/c1-24-16(19)21-9-11-6-12(3-4-13(11)17)22-15(23)14-5-2-10(7-18)8-20-14/h2-6,8H,9H2,1H3,(H2,19,21)(H,22,23). The molecule has 0 radical (unpaired) electrons. The number of nitrogens with zero attached hydrogens (tertiary/aromatic N) is 3. The highest BCUT2D eigenvalue weighted by atomic mass is 19.1. The number of carbonyl (C=O) groups excluding carboxylic acids is 1. The van der Waals surface area contributed by atoms with Crippen LogP contribution in [0.4, 0.5) is 10.1 Å². The molecule has 0 spiro atoms. The number of nitriles is 1. The maximum atomic E-state index is 13.8. The van der Waals surface area contributed by atoms with Crippen molar-refractivity contribution in [2.45, 2.75) is 6.54 Å². The Bertz CT molecular complexity index is 812. The van der Waals surface area contributed by atoms with Gasteiger partial charge < -0.3 is 15.8 Å². The van der Waals surface area contributed by atoms with Gasteiger partial charge in [0.2, 0.25) is 0 Å². The number of aromatic nitrogens is 1. The molecule has 0 aliphatic carbocycles. The van der Waals surface area contributed by atoms with E-state index in [4.69, 9.17) is 11.0 Å². The van der Waals surface area contributed by atoms with E-state index in [-0.39, 0.29) is 23.8 Å². The third-order valence-electron chi connectivity index (χ3n) is 3.04. The zero-order chi connectivity index (χ0) is 17.5. The minimum atomic E-state index is -0.475. The van der Waals surface area contributed by atoms with Crippen LogP contribution in [0, 0.1) is 17.1 Å². The molecular weight excluding hydrogens is 313 g/mol. The van der Waals surface area contributed by atoms with Gasteiger partial charge in [0.1, 0.15) is 17.6 Å². The van der Waals surface area contributed by atoms with Crippen LogP contribution < -0.4 is 11.1 Å². The van der Waals surface area contributed by atoms with Gasteiger partial charge in [0.15, 0.2) is 0 Å². The first kappa shape index (κ1) is 16.9. The molecule has 122 valence electrons. The van der Waals surface area contributed by atoms with Crippen LogP contribution in [0.15, 0.2) is 41.5 Å². The summed E-state index contributed by atoms with van der Waals surface area (Å²) >= 11 is 0. The zero-order valence-electron chi connectivity index (χ0n) is 12.8. The quantitative estimate of drug-likeness (QED) is 0.656. The Labute approximate surface area is 137 Å². The fraction of sp³-hybridized carbons (Fsp3) is 0.125. The maximum absolute atomic E-state index is 13.8. The van der Waals surface area contributed by atoms with E-state index in [1.807, 2.05) is 6.07 Å². The number of amides is 1. The van der Waals surface area contributed by atoms with Crippen molar-refractivity contribution in [2.75, 3.05) is 12.4 Å². The van der Waals surface area contributed by atoms with Gasteiger partial charge in [0, 0.05) is 17.4 Å². The summed E-state index contributed by atoms with van der Waals surface area (Å²) in [5.41, 5.74) is 6.52. The number of halogens is 1. The summed E-state index contributed by atoms with van der Waals surface area (Å²) in [6, 6.07) is 8.86. The Morgan fingerprint density at radius 2 is 2.25 bits per heavy atom. The molecule has 3 N–H and O–H groups in total. The smallest absolute Gasteiger partial charge is 0.281 e. The number of amidine groups is 1. The van der Waals surface area contributed by atoms with E-state index in [1.165, 1.54) is 43.6 Å². The molecule has 0 atom stereocenters. The second-order valence-electron chi connectivity index (χ2n) is 4.66. The molecular formula is C16H14FN5O2. The molecule has 0 unspecified atom stereocenters. The average molecular weight is 327 g/mol. The van der Waals surface area contributed by atoms with Crippen molar-refractivity contribution in [3.05, 3.63) is 59.2 Å². The molecule has 0 bridgehead atoms. The predicted molar refractivity (Wildman–Crippen MR) is 85.6 cm³/mol. The van der Waals surface area contributed by atoms with Crippen molar-refractivity contribution in [3.63, 3.8) is 0 Å². The number of nitrogens with one attached hydrogen (secondary N) is 1. The Kier molecular flexibility index (Phi) is 5.41. The van der Waals surface area contributed by atoms with Crippen LogP contribution in [0.5, 0.6) is 0 Å². The van der Waals surface area contributed by atoms with Crippen LogP contribution in [0.25, 0.3) is 0 Å². The van der Waals surface area contributed by atoms with Gasteiger partial charge in [-0.15, -0.1) is 0 Å². The molecule has 0 saturated carbocycles. The third kappa shape index (κ3) is 4.27. The van der Waals surface area contributed by atoms with Gasteiger partial charge in [-0.2, -0.15) is 5.26 Å². The number of hydrogen-bond acceptors (Lipinski definition) is 5. The Balaban J connectivity index is 2.14. The largest absolute Gasteiger partial charge is 0.469 e. The molecule has 1 aromatic carbocycles. The second-order valence-corrected chi connectivity index (χ2v) is 4.66. The number of anilines is 1. The average Bonchev–Trinajstić information content (AvgIpc) is 2.61. The first-order valence-corrected chi connectivity index (χ1v) is 6.83. The number of rotatable bonds is 4. The second kappa shape index (κ2) is 7.69. The molecule has 8 heteroatoms. The minimum Gasteiger partial charge on any atom is -0.469 e. The van der Waals surface area contributed by atoms with Gasteiger partial charge in [-0.25, -0.2) is 14.4 Å². The molecule has 7 nitrogen and oxygen atoms in total. The van der Waals surface area contributed by atoms with Crippen LogP contribution in [0.2, 0.25) is 0 Å². The fourth-order valence-electron chi connectivity index (χ4n) is 1.79. The third-order valence-corrected chi connectivity index (χ3v) is 3.04. The van der Waals surface area contributed by atoms with Gasteiger partial charge in [-0.1, -0.05) is 0 Å². The van der Waals surface area contributed by atoms with Crippen LogP contribution in [-0.4, -0.2) is 24.0 Å². The summed E-state index contributed by atoms with van der Waals surface area (Å²) in [5.74, 6) is -0.950. The van der Waals surface area contributed by atoms with Gasteiger partial charge in [-0.3, -0.25) is 4.79 Å². The highest BCUT2D eigenvalue weighted by molar-refractivity contribution is 6.02. The topological polar surface area (TPSA) is 113 Å². The number of hydrogen-bond donors (Lipinski definition) is 2. The lowest BCUT2D eigenvalue weighted by atomic mass is 10.2. The lowest BCUT2D eigenvalue weighted by molar-refractivity contribution is 0.102. The molecule has 1 aromatic heterocycles. The summed E-state index contributed by atoms with van der Waals surface area (Å²) in [7, 11) is 1.36. The molecule has 2 rings (SSSR count). The van der Waals surface area contributed by atoms with E-state index >= 15 is 0 Å². The fourth-order valence-corrected chi connectivity index (χ4v) is 1.79. The SMILES string of the molecule is CO/C(N)=N\Cc1cc(NC(=O)c2ccc(C#N)cn2)ccc1F. The van der Waals surface area contributed by atoms with Crippen molar-refractivity contribution >= 4 is 17.6 Å². The number of ether oxygens (including phenoxy) is 1. The van der Waals surface area contributed by atoms with Crippen molar-refractivity contribution in [3.8, 4) is 6.07 Å². The normalized spacial score (nSPS) is 10.8. The van der Waals surface area contributed by atoms with Gasteiger partial charge in [0.25, 0.3) is 11.9 Å². The predicted octanol–water partition coefficient (Wildman–Crippen LogP) is 1.81. The number of benzene rings is 1. The van der Waals surface area contributed by atoms with E-state index in [0.29, 0.717) is 11.3 Å². The molecule has 1 amide bonds. The van der Waals surface area contributed by atoms with Crippen molar-refractivity contribution in [1.82, 2.24) is 4.98 Å². The molecule has 0 fully saturated rings. The summed E-state index contributed by atoms with van der Waals surface area (Å²) in [6.07, 6.45) is 1.30. The molecule has 0 saturated heterocycles. The Hall–Kier alpha value is -3.47. The van der Waals surface area contributed by atoms with Gasteiger partial charge in [0.05, 0.1) is 19.2 Å². The highest BCUT2D eigenvalue weighted by Crippen LogP contribution is 2.16. The number of carbonyl (C=O) groups is 1. The summed E-state index contributed by atoms with van der Waals surface area (Å²) in [6.45, 7) is -0.0235. The first-order valence-electron chi connectivity index (χ1n) is 6.83. The summed E-state index contributed by atoms with van der Waals surface area (Å²) in [4.78, 5) is 19.8. The minimum absolute atomic E-state index is 0.0235. The van der Waals surface area contributed by atoms with E-state index in [1.54, 1.807) is 0 Å². The van der Waals surface area contributed by atoms with E-state index in [9.17, 15) is 9.18 Å². The first-order chi connectivity index (χ1) is 11.5. The monoisotopic (exact) mass is 327 g/mol. The Morgan fingerprint density at radius 1 is 1.46 bits per heavy atom. The molecule has 2 aromatic rings. The van der Waals surface area contributed by atoms with E-state index in [2.05, 4.69) is 20.0 Å². The summed E-state index contributed by atoms with van der Waals surface area (Å²) < 4.78 is 18.4. The maximum Gasteiger partial charge on any atom is 0.281 e. The van der Waals surface area contributed by atoms with Crippen molar-refractivity contribution in [2.24, 2.45) is 10.7 Å². The Morgan fingerprint density at radius 3 is 2.88 bits per heavy atom. The lowest BCUT2D eigenvalue weighted by Crippen LogP contribution is -2.15. The van der Waals surface area contributed by atoms with Crippen LogP contribution in [0.1, 0.15) is 21.6 Å². The molecule has 0 aliphatic heterocycles. The molecule has 0 aliphatic rings. The van der Waals surface area contributed by atoms with Crippen LogP contribution in [0.3, 0.4) is 0 Å². The van der Waals surface area contributed by atoms with Crippen molar-refractivity contribution < 1.29 is 13.9 Å².